The first-order valence-electron chi connectivity index (χ1n) is 6.28. The number of benzene rings is 2. The molecule has 2 amide bonds. The molecule has 0 spiro atoms. The minimum atomic E-state index is -0.472. The van der Waals surface area contributed by atoms with Crippen molar-refractivity contribution in [3.8, 4) is 0 Å². The largest absolute Gasteiger partial charge is 0.394 e. The van der Waals surface area contributed by atoms with E-state index in [4.69, 9.17) is 11.6 Å². The minimum Gasteiger partial charge on any atom is -0.394 e. The number of anilines is 1. The fraction of sp³-hybridized carbons (Fsp3) is 0.133. The Morgan fingerprint density at radius 2 is 1.95 bits per heavy atom. The van der Waals surface area contributed by atoms with Crippen LogP contribution in [0.1, 0.15) is 11.6 Å². The van der Waals surface area contributed by atoms with Crippen molar-refractivity contribution in [2.75, 3.05) is 11.9 Å². The predicted molar refractivity (Wildman–Crippen MR) is 87.6 cm³/mol. The quantitative estimate of drug-likeness (QED) is 0.764. The van der Waals surface area contributed by atoms with E-state index in [-0.39, 0.29) is 6.61 Å². The Hall–Kier alpha value is -1.56. The van der Waals surface area contributed by atoms with Crippen LogP contribution in [0.25, 0.3) is 0 Å². The summed E-state index contributed by atoms with van der Waals surface area (Å²) in [5, 5.41) is 15.2. The van der Waals surface area contributed by atoms with Crippen molar-refractivity contribution in [3.63, 3.8) is 0 Å². The zero-order chi connectivity index (χ0) is 15.2. The van der Waals surface area contributed by atoms with Crippen LogP contribution in [0, 0.1) is 0 Å². The molecular weight excluding hydrogens is 356 g/mol. The van der Waals surface area contributed by atoms with Crippen LogP contribution in [0.5, 0.6) is 0 Å². The molecule has 0 aliphatic heterocycles. The Kier molecular flexibility index (Phi) is 5.61. The van der Waals surface area contributed by atoms with Crippen LogP contribution >= 0.6 is 27.5 Å². The highest BCUT2D eigenvalue weighted by Gasteiger charge is 2.14. The number of aliphatic hydroxyl groups is 1. The molecule has 0 saturated carbocycles. The zero-order valence-electron chi connectivity index (χ0n) is 11.0. The number of carbonyl (C=O) groups excluding carboxylic acids is 1. The molecule has 4 nitrogen and oxygen atoms in total. The zero-order valence-corrected chi connectivity index (χ0v) is 13.4. The molecule has 21 heavy (non-hydrogen) atoms. The number of hydrogen-bond acceptors (Lipinski definition) is 2. The molecule has 0 fully saturated rings. The maximum atomic E-state index is 12.0. The average Bonchev–Trinajstić information content (AvgIpc) is 2.48. The first kappa shape index (κ1) is 15.8. The Bertz CT molecular complexity index is 622. The summed E-state index contributed by atoms with van der Waals surface area (Å²) < 4.78 is 0.830. The fourth-order valence-corrected chi connectivity index (χ4v) is 2.55. The molecule has 3 N–H and O–H groups in total. The van der Waals surface area contributed by atoms with Gasteiger partial charge in [-0.15, -0.1) is 0 Å². The number of hydrogen-bond donors (Lipinski definition) is 3. The molecule has 0 heterocycles. The van der Waals surface area contributed by atoms with E-state index in [1.165, 1.54) is 0 Å². The van der Waals surface area contributed by atoms with Crippen LogP contribution in [0.4, 0.5) is 10.5 Å². The molecule has 6 heteroatoms. The van der Waals surface area contributed by atoms with Gasteiger partial charge in [-0.05, 0) is 23.8 Å². The normalized spacial score (nSPS) is 11.8. The van der Waals surface area contributed by atoms with Gasteiger partial charge in [-0.2, -0.15) is 0 Å². The van der Waals surface area contributed by atoms with Crippen molar-refractivity contribution in [1.29, 1.82) is 0 Å². The molecule has 0 aliphatic rings. The summed E-state index contributed by atoms with van der Waals surface area (Å²) in [5.41, 5.74) is 1.33. The number of halogens is 2. The van der Waals surface area contributed by atoms with Crippen LogP contribution in [0.15, 0.2) is 53.0 Å². The van der Waals surface area contributed by atoms with Crippen LogP contribution < -0.4 is 10.6 Å². The summed E-state index contributed by atoms with van der Waals surface area (Å²) in [7, 11) is 0. The van der Waals surface area contributed by atoms with Gasteiger partial charge in [-0.3, -0.25) is 0 Å². The van der Waals surface area contributed by atoms with Crippen molar-refractivity contribution in [3.05, 3.63) is 63.6 Å². The van der Waals surface area contributed by atoms with E-state index in [0.717, 1.165) is 10.0 Å². The number of carbonyl (C=O) groups is 1. The lowest BCUT2D eigenvalue weighted by Gasteiger charge is -2.17. The highest BCUT2D eigenvalue weighted by molar-refractivity contribution is 9.10. The van der Waals surface area contributed by atoms with Gasteiger partial charge in [0.15, 0.2) is 0 Å². The highest BCUT2D eigenvalue weighted by Crippen LogP contribution is 2.25. The monoisotopic (exact) mass is 368 g/mol. The third kappa shape index (κ3) is 4.46. The first-order chi connectivity index (χ1) is 10.1. The van der Waals surface area contributed by atoms with Crippen molar-refractivity contribution in [2.45, 2.75) is 6.04 Å². The number of urea groups is 1. The summed E-state index contributed by atoms with van der Waals surface area (Å²) in [6, 6.07) is 13.5. The van der Waals surface area contributed by atoms with Crippen LogP contribution in [0.2, 0.25) is 5.02 Å². The molecule has 0 radical (unpaired) electrons. The average molecular weight is 370 g/mol. The van der Waals surface area contributed by atoms with Crippen molar-refractivity contribution >= 4 is 39.2 Å². The summed E-state index contributed by atoms with van der Waals surface area (Å²) in [6.07, 6.45) is 0. The van der Waals surface area contributed by atoms with Crippen molar-refractivity contribution in [1.82, 2.24) is 5.32 Å². The highest BCUT2D eigenvalue weighted by atomic mass is 79.9. The molecule has 0 aliphatic carbocycles. The number of amides is 2. The molecule has 0 aromatic heterocycles. The van der Waals surface area contributed by atoms with Gasteiger partial charge in [0.25, 0.3) is 0 Å². The van der Waals surface area contributed by atoms with E-state index in [1.807, 2.05) is 30.3 Å². The summed E-state index contributed by atoms with van der Waals surface area (Å²) in [6.45, 7) is -0.189. The topological polar surface area (TPSA) is 61.4 Å². The second-order valence-corrected chi connectivity index (χ2v) is 5.69. The molecule has 2 aromatic rings. The lowest BCUT2D eigenvalue weighted by molar-refractivity contribution is 0.225. The molecule has 0 unspecified atom stereocenters. The van der Waals surface area contributed by atoms with Gasteiger partial charge < -0.3 is 15.7 Å². The molecular formula is C15H14BrClN2O2. The van der Waals surface area contributed by atoms with E-state index in [2.05, 4.69) is 26.6 Å². The standard InChI is InChI=1S/C15H14BrClN2O2/c16-11-6-7-13(12(17)8-11)18-15(21)19-14(9-20)10-4-2-1-3-5-10/h1-8,14,20H,9H2,(H2,18,19,21)/t14-/m1/s1. The van der Waals surface area contributed by atoms with E-state index in [0.29, 0.717) is 10.7 Å². The number of nitrogens with one attached hydrogen (secondary N) is 2. The molecule has 110 valence electrons. The van der Waals surface area contributed by atoms with Crippen molar-refractivity contribution < 1.29 is 9.90 Å². The van der Waals surface area contributed by atoms with Gasteiger partial charge in [0, 0.05) is 4.47 Å². The van der Waals surface area contributed by atoms with Gasteiger partial charge in [0.05, 0.1) is 23.4 Å². The second-order valence-electron chi connectivity index (χ2n) is 4.37. The Balaban J connectivity index is 2.03. The van der Waals surface area contributed by atoms with Crippen molar-refractivity contribution in [2.24, 2.45) is 0 Å². The molecule has 0 saturated heterocycles. The first-order valence-corrected chi connectivity index (χ1v) is 7.45. The third-order valence-electron chi connectivity index (χ3n) is 2.87. The fourth-order valence-electron chi connectivity index (χ4n) is 1.83. The maximum absolute atomic E-state index is 12.0. The van der Waals surface area contributed by atoms with Gasteiger partial charge in [-0.1, -0.05) is 57.9 Å². The minimum absolute atomic E-state index is 0.189. The van der Waals surface area contributed by atoms with E-state index in [9.17, 15) is 9.90 Å². The molecule has 1 atom stereocenters. The SMILES string of the molecule is O=C(Nc1ccc(Br)cc1Cl)N[C@H](CO)c1ccccc1. The van der Waals surface area contributed by atoms with Gasteiger partial charge >= 0.3 is 6.03 Å². The van der Waals surface area contributed by atoms with Gasteiger partial charge in [0.2, 0.25) is 0 Å². The third-order valence-corrected chi connectivity index (χ3v) is 3.68. The summed E-state index contributed by atoms with van der Waals surface area (Å²) in [5.74, 6) is 0. The number of rotatable bonds is 4. The summed E-state index contributed by atoms with van der Waals surface area (Å²) in [4.78, 5) is 12.0. The number of aliphatic hydroxyl groups excluding tert-OH is 1. The molecule has 2 aromatic carbocycles. The van der Waals surface area contributed by atoms with Gasteiger partial charge in [0.1, 0.15) is 0 Å². The molecule has 0 bridgehead atoms. The van der Waals surface area contributed by atoms with E-state index in [1.54, 1.807) is 18.2 Å². The predicted octanol–water partition coefficient (Wildman–Crippen LogP) is 3.96. The molecule has 2 rings (SSSR count). The Labute approximate surface area is 136 Å². The van der Waals surface area contributed by atoms with Crippen LogP contribution in [-0.4, -0.2) is 17.7 Å². The Morgan fingerprint density at radius 3 is 2.57 bits per heavy atom. The van der Waals surface area contributed by atoms with Crippen LogP contribution in [0.3, 0.4) is 0 Å². The summed E-state index contributed by atoms with van der Waals surface area (Å²) >= 11 is 9.34. The smallest absolute Gasteiger partial charge is 0.319 e. The second kappa shape index (κ2) is 7.45. The lowest BCUT2D eigenvalue weighted by atomic mass is 10.1. The van der Waals surface area contributed by atoms with Gasteiger partial charge in [-0.25, -0.2) is 4.79 Å². The van der Waals surface area contributed by atoms with E-state index >= 15 is 0 Å². The van der Waals surface area contributed by atoms with E-state index < -0.39 is 12.1 Å². The Morgan fingerprint density at radius 1 is 1.24 bits per heavy atom. The lowest BCUT2D eigenvalue weighted by Crippen LogP contribution is -2.34. The maximum Gasteiger partial charge on any atom is 0.319 e. The van der Waals surface area contributed by atoms with Crippen LogP contribution in [-0.2, 0) is 0 Å².